The summed E-state index contributed by atoms with van der Waals surface area (Å²) in [5, 5.41) is 9.36. The van der Waals surface area contributed by atoms with E-state index in [-0.39, 0.29) is 5.75 Å². The van der Waals surface area contributed by atoms with Crippen LogP contribution in [0.4, 0.5) is 0 Å². The second kappa shape index (κ2) is 11.3. The predicted octanol–water partition coefficient (Wildman–Crippen LogP) is 7.57. The Kier molecular flexibility index (Phi) is 7.71. The van der Waals surface area contributed by atoms with Crippen LogP contribution < -0.4 is 14.2 Å². The summed E-state index contributed by atoms with van der Waals surface area (Å²) in [7, 11) is 0. The topological polar surface area (TPSA) is 47.9 Å². The molecule has 4 rings (SSSR count). The third kappa shape index (κ3) is 6.32. The number of hydrogen-bond acceptors (Lipinski definition) is 4. The highest BCUT2D eigenvalue weighted by Gasteiger charge is 2.07. The molecule has 0 unspecified atom stereocenters. The summed E-state index contributed by atoms with van der Waals surface area (Å²) in [6, 6.07) is 29.1. The molecule has 0 aromatic heterocycles. The van der Waals surface area contributed by atoms with E-state index in [0.29, 0.717) is 24.7 Å². The molecular formula is C30H30O4. The van der Waals surface area contributed by atoms with Gasteiger partial charge in [-0.2, -0.15) is 0 Å². The van der Waals surface area contributed by atoms with Crippen molar-refractivity contribution in [1.82, 2.24) is 0 Å². The molecule has 4 heteroatoms. The highest BCUT2D eigenvalue weighted by molar-refractivity contribution is 5.66. The minimum absolute atomic E-state index is 0.211. The SMILES string of the molecule is CCCc1cc(-c2ccc(C)cc2)ccc1OCCOc1ccc(Oc2ccc(O)cc2)cc1. The van der Waals surface area contributed by atoms with Crippen LogP contribution in [0.5, 0.6) is 28.7 Å². The molecule has 0 bridgehead atoms. The lowest BCUT2D eigenvalue weighted by molar-refractivity contribution is 0.216. The maximum atomic E-state index is 9.36. The van der Waals surface area contributed by atoms with Gasteiger partial charge in [-0.05, 0) is 90.7 Å². The lowest BCUT2D eigenvalue weighted by atomic mass is 9.99. The van der Waals surface area contributed by atoms with Gasteiger partial charge in [-0.3, -0.25) is 0 Å². The van der Waals surface area contributed by atoms with E-state index >= 15 is 0 Å². The summed E-state index contributed by atoms with van der Waals surface area (Å²) in [5.74, 6) is 3.25. The van der Waals surface area contributed by atoms with Gasteiger partial charge in [-0.15, -0.1) is 0 Å². The van der Waals surface area contributed by atoms with E-state index < -0.39 is 0 Å². The molecular weight excluding hydrogens is 424 g/mol. The van der Waals surface area contributed by atoms with Gasteiger partial charge in [-0.25, -0.2) is 0 Å². The molecule has 0 aliphatic carbocycles. The Bertz CT molecular complexity index is 1180. The third-order valence-electron chi connectivity index (χ3n) is 5.47. The number of phenolic OH excluding ortho intramolecular Hbond substituents is 1. The zero-order chi connectivity index (χ0) is 23.8. The van der Waals surface area contributed by atoms with Crippen LogP contribution in [-0.2, 0) is 6.42 Å². The third-order valence-corrected chi connectivity index (χ3v) is 5.47. The van der Waals surface area contributed by atoms with Crippen LogP contribution in [0.15, 0.2) is 91.0 Å². The fraction of sp³-hybridized carbons (Fsp3) is 0.200. The fourth-order valence-electron chi connectivity index (χ4n) is 3.68. The molecule has 0 aliphatic heterocycles. The van der Waals surface area contributed by atoms with E-state index in [4.69, 9.17) is 14.2 Å². The van der Waals surface area contributed by atoms with Crippen molar-refractivity contribution in [3.05, 3.63) is 102 Å². The van der Waals surface area contributed by atoms with E-state index in [1.807, 2.05) is 24.3 Å². The molecule has 0 amide bonds. The van der Waals surface area contributed by atoms with E-state index in [0.717, 1.165) is 24.3 Å². The van der Waals surface area contributed by atoms with Crippen molar-refractivity contribution in [1.29, 1.82) is 0 Å². The van der Waals surface area contributed by atoms with Crippen LogP contribution >= 0.6 is 0 Å². The van der Waals surface area contributed by atoms with Gasteiger partial charge in [0.25, 0.3) is 0 Å². The molecule has 0 saturated carbocycles. The molecule has 0 atom stereocenters. The Labute approximate surface area is 201 Å². The molecule has 0 fully saturated rings. The normalized spacial score (nSPS) is 10.6. The molecule has 0 radical (unpaired) electrons. The number of aromatic hydroxyl groups is 1. The van der Waals surface area contributed by atoms with Gasteiger partial charge >= 0.3 is 0 Å². The number of aryl methyl sites for hydroxylation is 2. The zero-order valence-electron chi connectivity index (χ0n) is 19.7. The van der Waals surface area contributed by atoms with E-state index in [2.05, 4.69) is 56.3 Å². The molecule has 174 valence electrons. The van der Waals surface area contributed by atoms with Crippen molar-refractivity contribution in [3.63, 3.8) is 0 Å². The van der Waals surface area contributed by atoms with Crippen molar-refractivity contribution in [2.75, 3.05) is 13.2 Å². The Balaban J connectivity index is 1.30. The van der Waals surface area contributed by atoms with Crippen LogP contribution in [-0.4, -0.2) is 18.3 Å². The molecule has 0 saturated heterocycles. The highest BCUT2D eigenvalue weighted by Crippen LogP contribution is 2.29. The lowest BCUT2D eigenvalue weighted by Crippen LogP contribution is -2.10. The smallest absolute Gasteiger partial charge is 0.127 e. The summed E-state index contributed by atoms with van der Waals surface area (Å²) >= 11 is 0. The molecule has 1 N–H and O–H groups in total. The Morgan fingerprint density at radius 1 is 0.647 bits per heavy atom. The second-order valence-corrected chi connectivity index (χ2v) is 8.20. The monoisotopic (exact) mass is 454 g/mol. The van der Waals surface area contributed by atoms with E-state index in [9.17, 15) is 5.11 Å². The molecule has 4 nitrogen and oxygen atoms in total. The first kappa shape index (κ1) is 23.2. The summed E-state index contributed by atoms with van der Waals surface area (Å²) in [6.45, 7) is 5.20. The molecule has 4 aromatic rings. The van der Waals surface area contributed by atoms with Crippen LogP contribution in [0.2, 0.25) is 0 Å². The number of ether oxygens (including phenoxy) is 3. The summed E-state index contributed by atoms with van der Waals surface area (Å²) < 4.78 is 17.7. The van der Waals surface area contributed by atoms with E-state index in [1.54, 1.807) is 24.3 Å². The maximum Gasteiger partial charge on any atom is 0.127 e. The Morgan fingerprint density at radius 3 is 1.91 bits per heavy atom. The average molecular weight is 455 g/mol. The van der Waals surface area contributed by atoms with Crippen LogP contribution in [0.3, 0.4) is 0 Å². The molecule has 4 aromatic carbocycles. The first-order valence-corrected chi connectivity index (χ1v) is 11.6. The molecule has 0 aliphatic rings. The molecule has 34 heavy (non-hydrogen) atoms. The summed E-state index contributed by atoms with van der Waals surface area (Å²) in [6.07, 6.45) is 2.03. The van der Waals surface area contributed by atoms with Crippen LogP contribution in [0.25, 0.3) is 11.1 Å². The van der Waals surface area contributed by atoms with Gasteiger partial charge in [0.15, 0.2) is 0 Å². The first-order valence-electron chi connectivity index (χ1n) is 11.6. The quantitative estimate of drug-likeness (QED) is 0.251. The lowest BCUT2D eigenvalue weighted by Gasteiger charge is -2.14. The van der Waals surface area contributed by atoms with Gasteiger partial charge in [0.1, 0.15) is 42.0 Å². The van der Waals surface area contributed by atoms with Gasteiger partial charge in [-0.1, -0.05) is 49.2 Å². The number of hydrogen-bond donors (Lipinski definition) is 1. The van der Waals surface area contributed by atoms with Gasteiger partial charge in [0.2, 0.25) is 0 Å². The highest BCUT2D eigenvalue weighted by atomic mass is 16.5. The first-order chi connectivity index (χ1) is 16.6. The largest absolute Gasteiger partial charge is 0.508 e. The minimum atomic E-state index is 0.211. The Hall–Kier alpha value is -3.92. The Morgan fingerprint density at radius 2 is 1.24 bits per heavy atom. The van der Waals surface area contributed by atoms with Gasteiger partial charge < -0.3 is 19.3 Å². The van der Waals surface area contributed by atoms with Gasteiger partial charge in [0.05, 0.1) is 0 Å². The van der Waals surface area contributed by atoms with Crippen molar-refractivity contribution in [2.45, 2.75) is 26.7 Å². The summed E-state index contributed by atoms with van der Waals surface area (Å²) in [4.78, 5) is 0. The average Bonchev–Trinajstić information content (AvgIpc) is 2.85. The summed E-state index contributed by atoms with van der Waals surface area (Å²) in [5.41, 5.74) is 4.91. The fourth-order valence-corrected chi connectivity index (χ4v) is 3.68. The minimum Gasteiger partial charge on any atom is -0.508 e. The van der Waals surface area contributed by atoms with Crippen molar-refractivity contribution < 1.29 is 19.3 Å². The van der Waals surface area contributed by atoms with Crippen molar-refractivity contribution in [2.24, 2.45) is 0 Å². The van der Waals surface area contributed by atoms with Crippen molar-refractivity contribution in [3.8, 4) is 39.9 Å². The number of rotatable bonds is 10. The standard InChI is InChI=1S/C30H30O4/c1-3-4-25-21-24(23-7-5-22(2)6-8-23)9-18-30(25)33-20-19-32-27-14-16-29(17-15-27)34-28-12-10-26(31)11-13-28/h5-18,21,31H,3-4,19-20H2,1-2H3. The van der Waals surface area contributed by atoms with Crippen molar-refractivity contribution >= 4 is 0 Å². The van der Waals surface area contributed by atoms with Crippen LogP contribution in [0.1, 0.15) is 24.5 Å². The predicted molar refractivity (Wildman–Crippen MR) is 136 cm³/mol. The van der Waals surface area contributed by atoms with Gasteiger partial charge in [0, 0.05) is 0 Å². The van der Waals surface area contributed by atoms with Crippen LogP contribution in [0, 0.1) is 6.92 Å². The molecule has 0 heterocycles. The molecule has 0 spiro atoms. The number of phenols is 1. The van der Waals surface area contributed by atoms with E-state index in [1.165, 1.54) is 22.3 Å². The zero-order valence-corrected chi connectivity index (χ0v) is 19.7. The second-order valence-electron chi connectivity index (χ2n) is 8.20. The maximum absolute atomic E-state index is 9.36. The number of benzene rings is 4.